The fourth-order valence-electron chi connectivity index (χ4n) is 2.41. The van der Waals surface area contributed by atoms with Gasteiger partial charge in [-0.05, 0) is 31.0 Å². The Labute approximate surface area is 140 Å². The van der Waals surface area contributed by atoms with Gasteiger partial charge in [0.15, 0.2) is 0 Å². The van der Waals surface area contributed by atoms with Gasteiger partial charge in [0, 0.05) is 32.2 Å². The summed E-state index contributed by atoms with van der Waals surface area (Å²) in [6.07, 6.45) is 1.94. The Kier molecular flexibility index (Phi) is 7.22. The SMILES string of the molecule is CCCCN(C)C(=O)c1cc(S(=O)(=O)N(CC)CC)ccc1C. The molecule has 0 unspecified atom stereocenters. The van der Waals surface area contributed by atoms with Gasteiger partial charge >= 0.3 is 0 Å². The molecule has 23 heavy (non-hydrogen) atoms. The lowest BCUT2D eigenvalue weighted by molar-refractivity contribution is 0.0792. The zero-order valence-electron chi connectivity index (χ0n) is 14.8. The molecule has 0 N–H and O–H groups in total. The number of hydrogen-bond donors (Lipinski definition) is 0. The number of unbranched alkanes of at least 4 members (excludes halogenated alkanes) is 1. The molecule has 0 aliphatic carbocycles. The molecule has 0 radical (unpaired) electrons. The molecule has 1 aromatic carbocycles. The van der Waals surface area contributed by atoms with Crippen molar-refractivity contribution in [2.75, 3.05) is 26.7 Å². The standard InChI is InChI=1S/C17H28N2O3S/c1-6-9-12-18(5)17(20)16-13-15(11-10-14(16)4)23(21,22)19(7-2)8-3/h10-11,13H,6-9,12H2,1-5H3. The third-order valence-corrected chi connectivity index (χ3v) is 6.02. The van der Waals surface area contributed by atoms with Gasteiger partial charge in [-0.25, -0.2) is 8.42 Å². The monoisotopic (exact) mass is 340 g/mol. The summed E-state index contributed by atoms with van der Waals surface area (Å²) in [6, 6.07) is 4.79. The summed E-state index contributed by atoms with van der Waals surface area (Å²) in [6.45, 7) is 9.00. The molecule has 1 aromatic rings. The van der Waals surface area contributed by atoms with Gasteiger partial charge in [-0.3, -0.25) is 4.79 Å². The van der Waals surface area contributed by atoms with E-state index >= 15 is 0 Å². The van der Waals surface area contributed by atoms with E-state index in [1.165, 1.54) is 10.4 Å². The van der Waals surface area contributed by atoms with Gasteiger partial charge in [-0.2, -0.15) is 4.31 Å². The third kappa shape index (κ3) is 4.54. The van der Waals surface area contributed by atoms with Crippen LogP contribution in [0.4, 0.5) is 0 Å². The average Bonchev–Trinajstić information content (AvgIpc) is 2.53. The summed E-state index contributed by atoms with van der Waals surface area (Å²) in [5, 5.41) is 0. The maximum atomic E-state index is 12.6. The van der Waals surface area contributed by atoms with Gasteiger partial charge in [0.1, 0.15) is 0 Å². The summed E-state index contributed by atoms with van der Waals surface area (Å²) in [5.74, 6) is -0.132. The van der Waals surface area contributed by atoms with E-state index in [2.05, 4.69) is 6.92 Å². The van der Waals surface area contributed by atoms with E-state index in [1.807, 2.05) is 6.92 Å². The van der Waals surface area contributed by atoms with Crippen LogP contribution in [-0.4, -0.2) is 50.2 Å². The van der Waals surface area contributed by atoms with Crippen molar-refractivity contribution in [3.8, 4) is 0 Å². The third-order valence-electron chi connectivity index (χ3n) is 3.98. The van der Waals surface area contributed by atoms with Crippen molar-refractivity contribution in [1.29, 1.82) is 0 Å². The molecular weight excluding hydrogens is 312 g/mol. The number of aryl methyl sites for hydroxylation is 1. The van der Waals surface area contributed by atoms with E-state index in [9.17, 15) is 13.2 Å². The topological polar surface area (TPSA) is 57.7 Å². The Morgan fingerprint density at radius 3 is 2.26 bits per heavy atom. The van der Waals surface area contributed by atoms with Crippen LogP contribution in [-0.2, 0) is 10.0 Å². The van der Waals surface area contributed by atoms with Gasteiger partial charge in [-0.15, -0.1) is 0 Å². The second-order valence-corrected chi connectivity index (χ2v) is 7.58. The number of sulfonamides is 1. The predicted molar refractivity (Wildman–Crippen MR) is 93.2 cm³/mol. The molecule has 1 amide bonds. The highest BCUT2D eigenvalue weighted by molar-refractivity contribution is 7.89. The molecule has 0 atom stereocenters. The van der Waals surface area contributed by atoms with Gasteiger partial charge in [0.05, 0.1) is 4.90 Å². The predicted octanol–water partition coefficient (Wildman–Crippen LogP) is 2.90. The molecule has 130 valence electrons. The van der Waals surface area contributed by atoms with E-state index in [-0.39, 0.29) is 10.8 Å². The van der Waals surface area contributed by atoms with Crippen LogP contribution in [0, 0.1) is 6.92 Å². The van der Waals surface area contributed by atoms with Crippen molar-refractivity contribution in [2.24, 2.45) is 0 Å². The highest BCUT2D eigenvalue weighted by Gasteiger charge is 2.24. The van der Waals surface area contributed by atoms with Crippen molar-refractivity contribution >= 4 is 15.9 Å². The lowest BCUT2D eigenvalue weighted by atomic mass is 10.1. The van der Waals surface area contributed by atoms with Gasteiger partial charge in [0.2, 0.25) is 10.0 Å². The number of amides is 1. The lowest BCUT2D eigenvalue weighted by Crippen LogP contribution is -2.31. The highest BCUT2D eigenvalue weighted by Crippen LogP contribution is 2.20. The lowest BCUT2D eigenvalue weighted by Gasteiger charge is -2.21. The van der Waals surface area contributed by atoms with Crippen LogP contribution >= 0.6 is 0 Å². The largest absolute Gasteiger partial charge is 0.342 e. The maximum Gasteiger partial charge on any atom is 0.253 e. The van der Waals surface area contributed by atoms with Crippen LogP contribution in [0.25, 0.3) is 0 Å². The van der Waals surface area contributed by atoms with E-state index in [1.54, 1.807) is 37.9 Å². The molecule has 0 spiro atoms. The number of benzene rings is 1. The summed E-state index contributed by atoms with van der Waals surface area (Å²) >= 11 is 0. The van der Waals surface area contributed by atoms with Crippen LogP contribution in [0.5, 0.6) is 0 Å². The molecule has 1 rings (SSSR count). The zero-order chi connectivity index (χ0) is 17.6. The van der Waals surface area contributed by atoms with Crippen molar-refractivity contribution in [3.05, 3.63) is 29.3 Å². The van der Waals surface area contributed by atoms with Crippen LogP contribution in [0.15, 0.2) is 23.1 Å². The molecule has 0 heterocycles. The van der Waals surface area contributed by atoms with Crippen LogP contribution in [0.3, 0.4) is 0 Å². The van der Waals surface area contributed by atoms with Gasteiger partial charge < -0.3 is 4.90 Å². The molecular formula is C17H28N2O3S. The first kappa shape index (κ1) is 19.6. The molecule has 0 saturated carbocycles. The van der Waals surface area contributed by atoms with Crippen LogP contribution in [0.1, 0.15) is 49.5 Å². The minimum absolute atomic E-state index is 0.132. The minimum atomic E-state index is -3.55. The first-order chi connectivity index (χ1) is 10.8. The van der Waals surface area contributed by atoms with E-state index in [0.717, 1.165) is 18.4 Å². The second-order valence-electron chi connectivity index (χ2n) is 5.65. The van der Waals surface area contributed by atoms with Crippen LogP contribution in [0.2, 0.25) is 0 Å². The van der Waals surface area contributed by atoms with E-state index < -0.39 is 10.0 Å². The molecule has 0 fully saturated rings. The van der Waals surface area contributed by atoms with Gasteiger partial charge in [-0.1, -0.05) is 33.3 Å². The number of nitrogens with zero attached hydrogens (tertiary/aromatic N) is 2. The second kappa shape index (κ2) is 8.45. The molecule has 0 saturated heterocycles. The first-order valence-electron chi connectivity index (χ1n) is 8.15. The molecule has 5 nitrogen and oxygen atoms in total. The first-order valence-corrected chi connectivity index (χ1v) is 9.59. The van der Waals surface area contributed by atoms with E-state index in [4.69, 9.17) is 0 Å². The number of rotatable bonds is 8. The van der Waals surface area contributed by atoms with Gasteiger partial charge in [0.25, 0.3) is 5.91 Å². The molecule has 0 aromatic heterocycles. The zero-order valence-corrected chi connectivity index (χ0v) is 15.6. The Bertz CT molecular complexity index is 637. The highest BCUT2D eigenvalue weighted by atomic mass is 32.2. The maximum absolute atomic E-state index is 12.6. The number of carbonyl (C=O) groups excluding carboxylic acids is 1. The Hall–Kier alpha value is -1.40. The summed E-state index contributed by atoms with van der Waals surface area (Å²) in [5.41, 5.74) is 1.24. The summed E-state index contributed by atoms with van der Waals surface area (Å²) in [4.78, 5) is 14.4. The van der Waals surface area contributed by atoms with Crippen molar-refractivity contribution in [1.82, 2.24) is 9.21 Å². The Morgan fingerprint density at radius 1 is 1.13 bits per heavy atom. The van der Waals surface area contributed by atoms with Crippen molar-refractivity contribution in [3.63, 3.8) is 0 Å². The fourth-order valence-corrected chi connectivity index (χ4v) is 3.89. The normalized spacial score (nSPS) is 11.7. The van der Waals surface area contributed by atoms with Crippen molar-refractivity contribution < 1.29 is 13.2 Å². The smallest absolute Gasteiger partial charge is 0.253 e. The van der Waals surface area contributed by atoms with Crippen LogP contribution < -0.4 is 0 Å². The quantitative estimate of drug-likeness (QED) is 0.731. The Balaban J connectivity index is 3.20. The van der Waals surface area contributed by atoms with E-state index in [0.29, 0.717) is 25.2 Å². The number of carbonyl (C=O) groups is 1. The van der Waals surface area contributed by atoms with Crippen molar-refractivity contribution in [2.45, 2.75) is 45.4 Å². The minimum Gasteiger partial charge on any atom is -0.342 e. The summed E-state index contributed by atoms with van der Waals surface area (Å²) in [7, 11) is -1.80. The Morgan fingerprint density at radius 2 is 1.74 bits per heavy atom. The summed E-state index contributed by atoms with van der Waals surface area (Å²) < 4.78 is 26.6. The molecule has 0 bridgehead atoms. The molecule has 0 aliphatic heterocycles. The fraction of sp³-hybridized carbons (Fsp3) is 0.588. The molecule has 0 aliphatic rings. The average molecular weight is 340 g/mol. The number of hydrogen-bond acceptors (Lipinski definition) is 3. The molecule has 6 heteroatoms.